The monoisotopic (exact) mass is 538 g/mol. The molecule has 0 saturated carbocycles. The number of anilines is 1. The van der Waals surface area contributed by atoms with E-state index in [4.69, 9.17) is 4.42 Å². The summed E-state index contributed by atoms with van der Waals surface area (Å²) in [4.78, 5) is 13.5. The number of imidazole rings is 1. The first-order valence-corrected chi connectivity index (χ1v) is 13.3. The zero-order chi connectivity index (χ0) is 26.4. The van der Waals surface area contributed by atoms with Crippen molar-refractivity contribution in [3.05, 3.63) is 61.0 Å². The first kappa shape index (κ1) is 24.1. The number of aromatic nitrogens is 6. The number of benzene rings is 1. The molecule has 1 saturated heterocycles. The lowest BCUT2D eigenvalue weighted by Crippen LogP contribution is -2.45. The van der Waals surface area contributed by atoms with Crippen LogP contribution in [0.5, 0.6) is 5.75 Å². The van der Waals surface area contributed by atoms with Crippen LogP contribution in [0.15, 0.2) is 64.6 Å². The lowest BCUT2D eigenvalue weighted by molar-refractivity contribution is 0.325. The molecule has 0 amide bonds. The third-order valence-electron chi connectivity index (χ3n) is 6.39. The fourth-order valence-electron chi connectivity index (χ4n) is 4.58. The van der Waals surface area contributed by atoms with E-state index in [1.807, 2.05) is 0 Å². The molecule has 0 bridgehead atoms. The van der Waals surface area contributed by atoms with Crippen LogP contribution in [0.1, 0.15) is 12.8 Å². The van der Waals surface area contributed by atoms with E-state index in [-0.39, 0.29) is 17.6 Å². The molecule has 4 aromatic heterocycles. The summed E-state index contributed by atoms with van der Waals surface area (Å²) in [5.41, 5.74) is 1.99. The number of hydrogen-bond acceptors (Lipinski definition) is 9. The molecule has 0 unspecified atom stereocenters. The van der Waals surface area contributed by atoms with Crippen molar-refractivity contribution in [2.75, 3.05) is 18.4 Å². The molecule has 0 aliphatic carbocycles. The van der Waals surface area contributed by atoms with Crippen molar-refractivity contribution in [1.29, 1.82) is 0 Å². The number of piperidine rings is 1. The van der Waals surface area contributed by atoms with Gasteiger partial charge in [0.2, 0.25) is 5.95 Å². The van der Waals surface area contributed by atoms with Gasteiger partial charge in [-0.1, -0.05) is 0 Å². The molecule has 5 aromatic rings. The van der Waals surface area contributed by atoms with Crippen LogP contribution in [0.2, 0.25) is 0 Å². The van der Waals surface area contributed by atoms with Crippen LogP contribution in [-0.4, -0.2) is 66.1 Å². The Hall–Kier alpha value is -4.30. The third-order valence-corrected chi connectivity index (χ3v) is 8.15. The molecule has 196 valence electrons. The van der Waals surface area contributed by atoms with Crippen LogP contribution in [0.25, 0.3) is 28.5 Å². The standard InChI is InChI=1S/C24H23FN8O4S/c1-31-10-7-20(30-31)38(35,36)32-9-2-3-16(14-32)27-23-26-8-6-18(28-23)22-21(29-24-33(22)11-12-37-24)15-4-5-17(25)19(34)13-15/h4-8,10-13,16,34H,2-3,9,14H2,1H3,(H,26,27,28)/t16-/m1/s1. The molecule has 1 fully saturated rings. The summed E-state index contributed by atoms with van der Waals surface area (Å²) in [5, 5.41) is 17.2. The molecular formula is C24H23FN8O4S. The van der Waals surface area contributed by atoms with E-state index in [0.29, 0.717) is 47.4 Å². The number of sulfonamides is 1. The van der Waals surface area contributed by atoms with Gasteiger partial charge in [-0.05, 0) is 43.2 Å². The van der Waals surface area contributed by atoms with Crippen LogP contribution in [-0.2, 0) is 17.1 Å². The van der Waals surface area contributed by atoms with E-state index in [2.05, 4.69) is 25.4 Å². The average molecular weight is 539 g/mol. The Balaban J connectivity index is 1.29. The van der Waals surface area contributed by atoms with E-state index in [0.717, 1.165) is 12.5 Å². The summed E-state index contributed by atoms with van der Waals surface area (Å²) in [7, 11) is -2.05. The summed E-state index contributed by atoms with van der Waals surface area (Å²) in [6.45, 7) is 0.644. The Kier molecular flexibility index (Phi) is 5.84. The van der Waals surface area contributed by atoms with Crippen molar-refractivity contribution in [3.8, 4) is 28.4 Å². The fourth-order valence-corrected chi connectivity index (χ4v) is 6.05. The first-order valence-electron chi connectivity index (χ1n) is 11.8. The van der Waals surface area contributed by atoms with Crippen molar-refractivity contribution in [2.45, 2.75) is 23.9 Å². The van der Waals surface area contributed by atoms with Gasteiger partial charge in [-0.15, -0.1) is 0 Å². The van der Waals surface area contributed by atoms with Crippen LogP contribution < -0.4 is 5.32 Å². The van der Waals surface area contributed by atoms with Gasteiger partial charge in [0.05, 0.1) is 5.69 Å². The Morgan fingerprint density at radius 3 is 2.84 bits per heavy atom. The Morgan fingerprint density at radius 1 is 1.18 bits per heavy atom. The highest BCUT2D eigenvalue weighted by atomic mass is 32.2. The predicted octanol–water partition coefficient (Wildman–Crippen LogP) is 2.89. The summed E-state index contributed by atoms with van der Waals surface area (Å²) in [6.07, 6.45) is 7.75. The quantitative estimate of drug-likeness (QED) is 0.333. The molecule has 38 heavy (non-hydrogen) atoms. The highest BCUT2D eigenvalue weighted by Gasteiger charge is 2.32. The Morgan fingerprint density at radius 2 is 2.05 bits per heavy atom. The summed E-state index contributed by atoms with van der Waals surface area (Å²) in [5.74, 6) is -0.616. The van der Waals surface area contributed by atoms with E-state index in [1.54, 1.807) is 36.1 Å². The first-order chi connectivity index (χ1) is 18.3. The zero-order valence-corrected chi connectivity index (χ0v) is 21.0. The van der Waals surface area contributed by atoms with Gasteiger partial charge in [0.1, 0.15) is 17.7 Å². The van der Waals surface area contributed by atoms with E-state index < -0.39 is 21.6 Å². The molecule has 6 rings (SSSR count). The van der Waals surface area contributed by atoms with E-state index >= 15 is 0 Å². The maximum atomic E-state index is 13.7. The van der Waals surface area contributed by atoms with Gasteiger partial charge in [-0.3, -0.25) is 9.08 Å². The predicted molar refractivity (Wildman–Crippen MR) is 134 cm³/mol. The van der Waals surface area contributed by atoms with Crippen LogP contribution in [0.4, 0.5) is 10.3 Å². The average Bonchev–Trinajstić information content (AvgIpc) is 3.62. The number of nitrogens with zero attached hydrogens (tertiary/aromatic N) is 7. The number of halogens is 1. The highest BCUT2D eigenvalue weighted by molar-refractivity contribution is 7.89. The van der Waals surface area contributed by atoms with Gasteiger partial charge in [0.15, 0.2) is 16.6 Å². The maximum absolute atomic E-state index is 13.7. The topological polar surface area (TPSA) is 144 Å². The molecular weight excluding hydrogens is 515 g/mol. The fraction of sp³-hybridized carbons (Fsp3) is 0.250. The smallest absolute Gasteiger partial charge is 0.306 e. The molecule has 12 nitrogen and oxygen atoms in total. The van der Waals surface area contributed by atoms with E-state index in [1.165, 1.54) is 33.4 Å². The van der Waals surface area contributed by atoms with Crippen LogP contribution in [0, 0.1) is 5.82 Å². The largest absolute Gasteiger partial charge is 0.505 e. The van der Waals surface area contributed by atoms with Crippen molar-refractivity contribution in [1.82, 2.24) is 33.4 Å². The summed E-state index contributed by atoms with van der Waals surface area (Å²) < 4.78 is 49.8. The number of phenols is 1. The van der Waals surface area contributed by atoms with E-state index in [9.17, 15) is 17.9 Å². The minimum absolute atomic E-state index is 0.0168. The number of nitrogens with one attached hydrogen (secondary N) is 1. The SMILES string of the molecule is Cn1ccc(S(=O)(=O)N2CCC[C@@H](Nc3nccc(-c4c(-c5ccc(F)c(O)c5)nc5occn45)n3)C2)n1. The molecule has 1 aromatic carbocycles. The summed E-state index contributed by atoms with van der Waals surface area (Å²) >= 11 is 0. The molecule has 1 aliphatic heterocycles. The molecule has 2 N–H and O–H groups in total. The number of fused-ring (bicyclic) bond motifs is 1. The summed E-state index contributed by atoms with van der Waals surface area (Å²) in [6, 6.07) is 6.94. The lowest BCUT2D eigenvalue weighted by Gasteiger charge is -2.31. The molecule has 0 radical (unpaired) electrons. The number of phenolic OH excluding ortho intramolecular Hbond substituents is 1. The second kappa shape index (κ2) is 9.22. The normalized spacial score (nSPS) is 16.7. The van der Waals surface area contributed by atoms with Crippen LogP contribution >= 0.6 is 0 Å². The minimum Gasteiger partial charge on any atom is -0.505 e. The molecule has 14 heteroatoms. The van der Waals surface area contributed by atoms with Gasteiger partial charge in [0, 0.05) is 50.3 Å². The number of rotatable bonds is 6. The van der Waals surface area contributed by atoms with Crippen molar-refractivity contribution in [3.63, 3.8) is 0 Å². The Labute approximate surface area is 216 Å². The van der Waals surface area contributed by atoms with Crippen LogP contribution in [0.3, 0.4) is 0 Å². The molecule has 0 spiro atoms. The minimum atomic E-state index is -3.72. The van der Waals surface area contributed by atoms with Gasteiger partial charge < -0.3 is 14.8 Å². The van der Waals surface area contributed by atoms with Gasteiger partial charge in [-0.25, -0.2) is 22.8 Å². The van der Waals surface area contributed by atoms with Gasteiger partial charge in [0.25, 0.3) is 10.0 Å². The number of oxazole rings is 1. The van der Waals surface area contributed by atoms with Crippen molar-refractivity contribution < 1.29 is 22.3 Å². The Bertz CT molecular complexity index is 1750. The molecule has 5 heterocycles. The molecule has 1 aliphatic rings. The molecule has 1 atom stereocenters. The zero-order valence-electron chi connectivity index (χ0n) is 20.2. The number of hydrogen-bond donors (Lipinski definition) is 2. The highest BCUT2D eigenvalue weighted by Crippen LogP contribution is 2.34. The van der Waals surface area contributed by atoms with Crippen molar-refractivity contribution in [2.24, 2.45) is 7.05 Å². The third kappa shape index (κ3) is 4.26. The second-order valence-electron chi connectivity index (χ2n) is 8.97. The van der Waals surface area contributed by atoms with Crippen molar-refractivity contribution >= 4 is 21.8 Å². The maximum Gasteiger partial charge on any atom is 0.306 e. The number of aromatic hydroxyl groups is 1. The number of aryl methyl sites for hydroxylation is 1. The van der Waals surface area contributed by atoms with Gasteiger partial charge >= 0.3 is 5.84 Å². The second-order valence-corrected chi connectivity index (χ2v) is 10.9. The van der Waals surface area contributed by atoms with Gasteiger partial charge in [-0.2, -0.15) is 14.4 Å². The lowest BCUT2D eigenvalue weighted by atomic mass is 10.1.